The first-order valence-corrected chi connectivity index (χ1v) is 9.31. The van der Waals surface area contributed by atoms with Gasteiger partial charge in [0, 0.05) is 11.5 Å². The molecule has 0 saturated heterocycles. The van der Waals surface area contributed by atoms with E-state index in [0.717, 1.165) is 4.90 Å². The summed E-state index contributed by atoms with van der Waals surface area (Å²) in [6, 6.07) is 6.98. The summed E-state index contributed by atoms with van der Waals surface area (Å²) in [4.78, 5) is 12.9. The van der Waals surface area contributed by atoms with Crippen molar-refractivity contribution in [2.24, 2.45) is 16.7 Å². The second-order valence-corrected chi connectivity index (χ2v) is 8.83. The Morgan fingerprint density at radius 2 is 1.95 bits per heavy atom. The average Bonchev–Trinajstić information content (AvgIpc) is 2.78. The molecule has 0 aliphatic heterocycles. The van der Waals surface area contributed by atoms with Gasteiger partial charge in [-0.2, -0.15) is 0 Å². The lowest BCUT2D eigenvalue weighted by molar-refractivity contribution is -0.387. The van der Waals surface area contributed by atoms with Crippen molar-refractivity contribution in [2.75, 3.05) is 0 Å². The Morgan fingerprint density at radius 1 is 1.24 bits per heavy atom. The van der Waals surface area contributed by atoms with Crippen molar-refractivity contribution in [3.05, 3.63) is 45.4 Å². The minimum Gasteiger partial charge on any atom is -0.258 e. The fourth-order valence-electron chi connectivity index (χ4n) is 3.52. The second-order valence-electron chi connectivity index (χ2n) is 6.62. The van der Waals surface area contributed by atoms with Gasteiger partial charge in [-0.3, -0.25) is 10.1 Å². The number of allylic oxidation sites excluding steroid dienone is 2. The summed E-state index contributed by atoms with van der Waals surface area (Å²) in [7, 11) is 3.22. The smallest absolute Gasteiger partial charge is 0.258 e. The van der Waals surface area contributed by atoms with E-state index >= 15 is 0 Å². The summed E-state index contributed by atoms with van der Waals surface area (Å²) in [5.41, 5.74) is 0.723. The highest BCUT2D eigenvalue weighted by molar-refractivity contribution is 8.78. The predicted molar refractivity (Wildman–Crippen MR) is 89.2 cm³/mol. The lowest BCUT2D eigenvalue weighted by Crippen LogP contribution is -2.29. The molecular formula is C16H19NO2S2. The first-order chi connectivity index (χ1) is 9.86. The van der Waals surface area contributed by atoms with Gasteiger partial charge in [-0.05, 0) is 45.9 Å². The van der Waals surface area contributed by atoms with E-state index in [1.165, 1.54) is 28.5 Å². The Bertz CT molecular complexity index is 626. The fourth-order valence-corrected chi connectivity index (χ4v) is 6.51. The highest BCUT2D eigenvalue weighted by atomic mass is 33.1. The molecule has 0 amide bonds. The van der Waals surface area contributed by atoms with Crippen LogP contribution in [0.4, 0.5) is 5.69 Å². The first-order valence-electron chi connectivity index (χ1n) is 7.16. The fraction of sp³-hybridized carbons (Fsp3) is 0.500. The van der Waals surface area contributed by atoms with Gasteiger partial charge in [-0.25, -0.2) is 0 Å². The normalized spacial score (nSPS) is 29.5. The quantitative estimate of drug-likeness (QED) is 0.407. The van der Waals surface area contributed by atoms with E-state index in [0.29, 0.717) is 11.3 Å². The van der Waals surface area contributed by atoms with Crippen molar-refractivity contribution in [1.82, 2.24) is 0 Å². The number of hydrogen-bond donors (Lipinski definition) is 0. The predicted octanol–water partition coefficient (Wildman–Crippen LogP) is 5.68. The van der Waals surface area contributed by atoms with Crippen LogP contribution in [0.1, 0.15) is 33.6 Å². The van der Waals surface area contributed by atoms with E-state index in [2.05, 4.69) is 26.8 Å². The molecule has 0 N–H and O–H groups in total. The van der Waals surface area contributed by atoms with Crippen molar-refractivity contribution in [3.63, 3.8) is 0 Å². The molecule has 1 fully saturated rings. The van der Waals surface area contributed by atoms with Gasteiger partial charge in [0.1, 0.15) is 0 Å². The molecule has 2 aliphatic rings. The number of nitro groups is 1. The molecule has 1 aromatic rings. The van der Waals surface area contributed by atoms with Gasteiger partial charge in [-0.1, -0.05) is 49.8 Å². The Kier molecular flexibility index (Phi) is 3.61. The molecule has 0 aromatic heterocycles. The molecular weight excluding hydrogens is 302 g/mol. The minimum absolute atomic E-state index is 0.197. The maximum absolute atomic E-state index is 11.1. The van der Waals surface area contributed by atoms with E-state index in [9.17, 15) is 10.1 Å². The van der Waals surface area contributed by atoms with Crippen LogP contribution in [0.3, 0.4) is 0 Å². The third-order valence-electron chi connectivity index (χ3n) is 5.48. The number of fused-ring (bicyclic) bond motifs is 2. The summed E-state index contributed by atoms with van der Waals surface area (Å²) in [5, 5.41) is 11.1. The van der Waals surface area contributed by atoms with Crippen LogP contribution in [0.2, 0.25) is 0 Å². The van der Waals surface area contributed by atoms with Gasteiger partial charge < -0.3 is 0 Å². The molecule has 1 saturated carbocycles. The molecule has 2 unspecified atom stereocenters. The Hall–Kier alpha value is -0.940. The van der Waals surface area contributed by atoms with Crippen LogP contribution in [0, 0.1) is 26.9 Å². The zero-order valence-electron chi connectivity index (χ0n) is 12.5. The third-order valence-corrected chi connectivity index (χ3v) is 8.19. The van der Waals surface area contributed by atoms with Crippen LogP contribution in [-0.2, 0) is 0 Å². The number of rotatable bonds is 4. The van der Waals surface area contributed by atoms with Crippen molar-refractivity contribution in [1.29, 1.82) is 0 Å². The third kappa shape index (κ3) is 2.21. The lowest BCUT2D eigenvalue weighted by atomic mass is 9.70. The van der Waals surface area contributed by atoms with E-state index in [-0.39, 0.29) is 16.0 Å². The molecule has 2 aliphatic carbocycles. The molecule has 0 radical (unpaired) electrons. The van der Waals surface area contributed by atoms with Gasteiger partial charge in [0.15, 0.2) is 0 Å². The zero-order valence-corrected chi connectivity index (χ0v) is 14.1. The molecule has 21 heavy (non-hydrogen) atoms. The molecule has 0 heterocycles. The van der Waals surface area contributed by atoms with Crippen LogP contribution >= 0.6 is 21.6 Å². The summed E-state index contributed by atoms with van der Waals surface area (Å²) in [6.07, 6.45) is 4.89. The van der Waals surface area contributed by atoms with E-state index in [1.54, 1.807) is 22.9 Å². The molecule has 3 nitrogen and oxygen atoms in total. The second kappa shape index (κ2) is 5.06. The number of nitrogens with zero attached hydrogens (tertiary/aromatic N) is 1. The largest absolute Gasteiger partial charge is 0.283 e. The zero-order chi connectivity index (χ0) is 15.3. The van der Waals surface area contributed by atoms with Crippen molar-refractivity contribution in [2.45, 2.75) is 38.5 Å². The first kappa shape index (κ1) is 15.0. The van der Waals surface area contributed by atoms with Crippen molar-refractivity contribution in [3.8, 4) is 0 Å². The molecule has 0 spiro atoms. The summed E-state index contributed by atoms with van der Waals surface area (Å²) in [5.74, 6) is 0.649. The van der Waals surface area contributed by atoms with Crippen molar-refractivity contribution < 1.29 is 4.92 Å². The standard InChI is InChI=1S/C16H19NO2S2/c1-15(2)11-8-9-16(15,3)14(10-11)21-20-13-7-5-4-6-12(13)17(18)19/h4-7,10-11H,8-9H2,1-3H3. The molecule has 5 heteroatoms. The lowest BCUT2D eigenvalue weighted by Gasteiger charge is -2.36. The Morgan fingerprint density at radius 3 is 2.52 bits per heavy atom. The topological polar surface area (TPSA) is 43.1 Å². The molecule has 2 atom stereocenters. The van der Waals surface area contributed by atoms with E-state index in [1.807, 2.05) is 12.1 Å². The van der Waals surface area contributed by atoms with E-state index in [4.69, 9.17) is 0 Å². The van der Waals surface area contributed by atoms with Crippen LogP contribution in [0.25, 0.3) is 0 Å². The average molecular weight is 321 g/mol. The maximum Gasteiger partial charge on any atom is 0.283 e. The number of para-hydroxylation sites is 1. The van der Waals surface area contributed by atoms with Gasteiger partial charge in [0.2, 0.25) is 0 Å². The Labute approximate surface area is 133 Å². The Balaban J connectivity index is 1.79. The minimum atomic E-state index is -0.302. The summed E-state index contributed by atoms with van der Waals surface area (Å²) < 4.78 is 0. The summed E-state index contributed by atoms with van der Waals surface area (Å²) >= 11 is 0. The maximum atomic E-state index is 11.1. The highest BCUT2D eigenvalue weighted by Gasteiger charge is 2.57. The van der Waals surface area contributed by atoms with Crippen LogP contribution in [0.5, 0.6) is 0 Å². The van der Waals surface area contributed by atoms with Crippen LogP contribution < -0.4 is 0 Å². The van der Waals surface area contributed by atoms with Gasteiger partial charge in [-0.15, -0.1) is 0 Å². The molecule has 2 bridgehead atoms. The van der Waals surface area contributed by atoms with Gasteiger partial charge >= 0.3 is 0 Å². The SMILES string of the molecule is CC12CCC(C=C1SSc1ccccc1[N+](=O)[O-])C2(C)C. The molecule has 1 aromatic carbocycles. The van der Waals surface area contributed by atoms with Crippen LogP contribution in [0.15, 0.2) is 40.1 Å². The monoisotopic (exact) mass is 321 g/mol. The highest BCUT2D eigenvalue weighted by Crippen LogP contribution is 2.69. The number of hydrogen-bond acceptors (Lipinski definition) is 4. The number of benzene rings is 1. The van der Waals surface area contributed by atoms with E-state index < -0.39 is 0 Å². The van der Waals surface area contributed by atoms with Crippen LogP contribution in [-0.4, -0.2) is 4.92 Å². The molecule has 112 valence electrons. The van der Waals surface area contributed by atoms with Crippen molar-refractivity contribution >= 4 is 27.3 Å². The van der Waals surface area contributed by atoms with Gasteiger partial charge in [0.25, 0.3) is 5.69 Å². The summed E-state index contributed by atoms with van der Waals surface area (Å²) in [6.45, 7) is 7.05. The van der Waals surface area contributed by atoms with Gasteiger partial charge in [0.05, 0.1) is 9.82 Å². The molecule has 3 rings (SSSR count). The number of nitro benzene ring substituents is 1.